The van der Waals surface area contributed by atoms with Crippen molar-refractivity contribution in [2.75, 3.05) is 0 Å². The first kappa shape index (κ1) is 20.6. The van der Waals surface area contributed by atoms with E-state index in [9.17, 15) is 9.18 Å². The van der Waals surface area contributed by atoms with Crippen molar-refractivity contribution < 1.29 is 9.18 Å². The maximum absolute atomic E-state index is 14.1. The van der Waals surface area contributed by atoms with Crippen LogP contribution in [0.1, 0.15) is 73.1 Å². The molecule has 30 heavy (non-hydrogen) atoms. The summed E-state index contributed by atoms with van der Waals surface area (Å²) in [5.41, 5.74) is 2.28. The number of benzene rings is 1. The van der Waals surface area contributed by atoms with Crippen molar-refractivity contribution in [2.45, 2.75) is 58.3 Å². The molecule has 4 nitrogen and oxygen atoms in total. The Kier molecular flexibility index (Phi) is 6.16. The van der Waals surface area contributed by atoms with Crippen molar-refractivity contribution in [3.63, 3.8) is 0 Å². The molecule has 4 rings (SSSR count). The molecule has 3 aromatic rings. The number of pyridine rings is 1. The fourth-order valence-corrected chi connectivity index (χ4v) is 4.96. The monoisotopic (exact) mass is 405 g/mol. The standard InChI is InChI=1S/C25H28FN3O/c1-3-17(13-24(30)20-14-28-16(2)29-15-20)18-7-9-19(10-8-18)21-11-12-27-25-22(21)5-4-6-23(25)26/h4-6,11-12,14-15,17-19H,3,7-10,13H2,1-2H3/t17-,18?,19?/m0/s1. The van der Waals surface area contributed by atoms with Gasteiger partial charge in [-0.2, -0.15) is 0 Å². The Hall–Kier alpha value is -2.69. The Morgan fingerprint density at radius 1 is 1.10 bits per heavy atom. The van der Waals surface area contributed by atoms with Gasteiger partial charge in [-0.15, -0.1) is 0 Å². The van der Waals surface area contributed by atoms with Crippen molar-refractivity contribution in [1.29, 1.82) is 0 Å². The summed E-state index contributed by atoms with van der Waals surface area (Å²) < 4.78 is 14.1. The van der Waals surface area contributed by atoms with Crippen LogP contribution >= 0.6 is 0 Å². The van der Waals surface area contributed by atoms with Gasteiger partial charge in [0.05, 0.1) is 5.56 Å². The Bertz CT molecular complexity index is 1030. The number of aromatic nitrogens is 3. The highest BCUT2D eigenvalue weighted by Crippen LogP contribution is 2.42. The number of fused-ring (bicyclic) bond motifs is 1. The van der Waals surface area contributed by atoms with Gasteiger partial charge in [0, 0.05) is 30.4 Å². The van der Waals surface area contributed by atoms with Crippen LogP contribution in [0, 0.1) is 24.6 Å². The van der Waals surface area contributed by atoms with Gasteiger partial charge in [0.15, 0.2) is 5.78 Å². The highest BCUT2D eigenvalue weighted by atomic mass is 19.1. The van der Waals surface area contributed by atoms with Crippen LogP contribution < -0.4 is 0 Å². The van der Waals surface area contributed by atoms with E-state index in [0.717, 1.165) is 37.5 Å². The fourth-order valence-electron chi connectivity index (χ4n) is 4.96. The van der Waals surface area contributed by atoms with Crippen LogP contribution in [-0.4, -0.2) is 20.7 Å². The predicted molar refractivity (Wildman–Crippen MR) is 116 cm³/mol. The first-order chi connectivity index (χ1) is 14.6. The lowest BCUT2D eigenvalue weighted by atomic mass is 9.71. The van der Waals surface area contributed by atoms with Gasteiger partial charge < -0.3 is 0 Å². The quantitative estimate of drug-likeness (QED) is 0.469. The van der Waals surface area contributed by atoms with Gasteiger partial charge in [0.2, 0.25) is 0 Å². The van der Waals surface area contributed by atoms with Crippen LogP contribution in [0.5, 0.6) is 0 Å². The van der Waals surface area contributed by atoms with E-state index in [1.54, 1.807) is 24.7 Å². The number of carbonyl (C=O) groups is 1. The molecular formula is C25H28FN3O. The molecule has 0 bridgehead atoms. The Balaban J connectivity index is 1.43. The summed E-state index contributed by atoms with van der Waals surface area (Å²) in [4.78, 5) is 25.3. The molecule has 1 aliphatic carbocycles. The topological polar surface area (TPSA) is 55.7 Å². The van der Waals surface area contributed by atoms with Crippen molar-refractivity contribution in [2.24, 2.45) is 11.8 Å². The molecule has 1 fully saturated rings. The molecule has 1 saturated carbocycles. The minimum atomic E-state index is -0.257. The maximum Gasteiger partial charge on any atom is 0.166 e. The van der Waals surface area contributed by atoms with Gasteiger partial charge in [-0.05, 0) is 68.1 Å². The molecule has 2 heterocycles. The molecule has 0 aliphatic heterocycles. The van der Waals surface area contributed by atoms with Crippen LogP contribution in [0.15, 0.2) is 42.9 Å². The lowest BCUT2D eigenvalue weighted by Gasteiger charge is -2.34. The van der Waals surface area contributed by atoms with E-state index < -0.39 is 0 Å². The Morgan fingerprint density at radius 2 is 1.83 bits per heavy atom. The summed E-state index contributed by atoms with van der Waals surface area (Å²) in [6, 6.07) is 7.26. The minimum Gasteiger partial charge on any atom is -0.294 e. The average Bonchev–Trinajstić information content (AvgIpc) is 2.78. The largest absolute Gasteiger partial charge is 0.294 e. The summed E-state index contributed by atoms with van der Waals surface area (Å²) in [6.07, 6.45) is 10.9. The molecule has 0 radical (unpaired) electrons. The number of hydrogen-bond donors (Lipinski definition) is 0. The third kappa shape index (κ3) is 4.25. The molecule has 0 spiro atoms. The summed E-state index contributed by atoms with van der Waals surface area (Å²) in [7, 11) is 0. The zero-order chi connectivity index (χ0) is 21.1. The molecule has 0 amide bonds. The van der Waals surface area contributed by atoms with Crippen LogP contribution in [0.4, 0.5) is 4.39 Å². The molecule has 1 atom stereocenters. The van der Waals surface area contributed by atoms with Crippen LogP contribution in [0.3, 0.4) is 0 Å². The van der Waals surface area contributed by atoms with E-state index in [0.29, 0.717) is 41.1 Å². The third-order valence-electron chi connectivity index (χ3n) is 6.71. The number of carbonyl (C=O) groups excluding carboxylic acids is 1. The second kappa shape index (κ2) is 8.99. The van der Waals surface area contributed by atoms with Crippen molar-refractivity contribution in [3.8, 4) is 0 Å². The fraction of sp³-hybridized carbons (Fsp3) is 0.440. The Morgan fingerprint density at radius 3 is 2.53 bits per heavy atom. The molecule has 0 unspecified atom stereocenters. The van der Waals surface area contributed by atoms with E-state index >= 15 is 0 Å². The summed E-state index contributed by atoms with van der Waals surface area (Å²) in [5.74, 6) is 1.91. The molecule has 5 heteroatoms. The Labute approximate surface area is 177 Å². The first-order valence-corrected chi connectivity index (χ1v) is 10.9. The number of halogens is 1. The number of aryl methyl sites for hydroxylation is 1. The molecule has 0 N–H and O–H groups in total. The summed E-state index contributed by atoms with van der Waals surface area (Å²) >= 11 is 0. The van der Waals surface area contributed by atoms with Gasteiger partial charge in [0.25, 0.3) is 0 Å². The maximum atomic E-state index is 14.1. The number of rotatable bonds is 6. The lowest BCUT2D eigenvalue weighted by Crippen LogP contribution is -2.23. The van der Waals surface area contributed by atoms with Gasteiger partial charge >= 0.3 is 0 Å². The second-order valence-corrected chi connectivity index (χ2v) is 8.46. The highest BCUT2D eigenvalue weighted by Gasteiger charge is 2.29. The summed E-state index contributed by atoms with van der Waals surface area (Å²) in [5, 5.41) is 0.933. The van der Waals surface area contributed by atoms with E-state index in [1.165, 1.54) is 11.6 Å². The second-order valence-electron chi connectivity index (χ2n) is 8.46. The lowest BCUT2D eigenvalue weighted by molar-refractivity contribution is 0.0925. The van der Waals surface area contributed by atoms with E-state index in [1.807, 2.05) is 19.1 Å². The average molecular weight is 406 g/mol. The van der Waals surface area contributed by atoms with Gasteiger partial charge in [-0.3, -0.25) is 9.78 Å². The normalized spacial score (nSPS) is 20.2. The number of ketones is 1. The molecule has 1 aromatic carbocycles. The molecular weight excluding hydrogens is 377 g/mol. The van der Waals surface area contributed by atoms with Crippen molar-refractivity contribution in [3.05, 3.63) is 65.6 Å². The van der Waals surface area contributed by atoms with Crippen LogP contribution in [-0.2, 0) is 0 Å². The minimum absolute atomic E-state index is 0.138. The summed E-state index contributed by atoms with van der Waals surface area (Å²) in [6.45, 7) is 4.00. The third-order valence-corrected chi connectivity index (χ3v) is 6.71. The number of nitrogens with zero attached hydrogens (tertiary/aromatic N) is 3. The van der Waals surface area contributed by atoms with E-state index in [2.05, 4.69) is 21.9 Å². The molecule has 2 aromatic heterocycles. The first-order valence-electron chi connectivity index (χ1n) is 10.9. The smallest absolute Gasteiger partial charge is 0.166 e. The zero-order valence-corrected chi connectivity index (χ0v) is 17.6. The zero-order valence-electron chi connectivity index (χ0n) is 17.6. The number of hydrogen-bond acceptors (Lipinski definition) is 4. The van der Waals surface area contributed by atoms with Crippen molar-refractivity contribution >= 4 is 16.7 Å². The van der Waals surface area contributed by atoms with Gasteiger partial charge in [0.1, 0.15) is 17.2 Å². The van der Waals surface area contributed by atoms with E-state index in [4.69, 9.17) is 0 Å². The number of Topliss-reactive ketones (excluding diaryl/α,β-unsaturated/α-hetero) is 1. The van der Waals surface area contributed by atoms with Gasteiger partial charge in [-0.25, -0.2) is 14.4 Å². The highest BCUT2D eigenvalue weighted by molar-refractivity contribution is 5.95. The SMILES string of the molecule is CC[C@@H](CC(=O)c1cnc(C)nc1)C1CCC(c2ccnc3c(F)cccc23)CC1. The van der Waals surface area contributed by atoms with Crippen LogP contribution in [0.25, 0.3) is 10.9 Å². The van der Waals surface area contributed by atoms with E-state index in [-0.39, 0.29) is 11.6 Å². The molecule has 156 valence electrons. The molecule has 1 aliphatic rings. The predicted octanol–water partition coefficient (Wildman–Crippen LogP) is 6.05. The van der Waals surface area contributed by atoms with Crippen molar-refractivity contribution in [1.82, 2.24) is 15.0 Å². The van der Waals surface area contributed by atoms with Gasteiger partial charge in [-0.1, -0.05) is 25.5 Å². The molecule has 0 saturated heterocycles. The number of para-hydroxylation sites is 1. The van der Waals surface area contributed by atoms with Crippen LogP contribution in [0.2, 0.25) is 0 Å².